The molecule has 0 unspecified atom stereocenters. The van der Waals surface area contributed by atoms with Gasteiger partial charge in [-0.2, -0.15) is 0 Å². The van der Waals surface area contributed by atoms with Crippen molar-refractivity contribution >= 4 is 39.1 Å². The van der Waals surface area contributed by atoms with Gasteiger partial charge in [0.1, 0.15) is 6.54 Å². The number of carbonyl (C=O) groups is 1. The summed E-state index contributed by atoms with van der Waals surface area (Å²) in [4.78, 5) is 17.4. The Morgan fingerprint density at radius 1 is 1.32 bits per heavy atom. The molecule has 1 rings (SSSR count). The molecule has 1 heterocycles. The Morgan fingerprint density at radius 2 is 2.05 bits per heavy atom. The Balaban J connectivity index is 2.43. The van der Waals surface area contributed by atoms with Gasteiger partial charge < -0.3 is 16.0 Å². The fraction of sp³-hybridized carbons (Fsp3) is 0.600. The molecule has 0 aliphatic carbocycles. The molecule has 0 atom stereocenters. The van der Waals surface area contributed by atoms with Crippen molar-refractivity contribution in [3.63, 3.8) is 0 Å². The number of hydrogen-bond donors (Lipinski definition) is 3. The quantitative estimate of drug-likeness (QED) is 0.518. The Bertz CT molecular complexity index is 508. The Labute approximate surface area is 145 Å². The van der Waals surface area contributed by atoms with E-state index in [0.717, 1.165) is 23.3 Å². The monoisotopic (exact) mass is 388 g/mol. The number of halogens is 1. The smallest absolute Gasteiger partial charge is 0.242 e. The molecular weight excluding hydrogens is 364 g/mol. The fourth-order valence-corrected chi connectivity index (χ4v) is 3.22. The lowest BCUT2D eigenvalue weighted by atomic mass is 10.1. The van der Waals surface area contributed by atoms with Crippen LogP contribution in [0.25, 0.3) is 0 Å². The van der Waals surface area contributed by atoms with Crippen LogP contribution in [0.4, 0.5) is 0 Å². The molecule has 1 aromatic rings. The molecular formula is C15H25BrN4OS. The van der Waals surface area contributed by atoms with E-state index < -0.39 is 0 Å². The van der Waals surface area contributed by atoms with Crippen LogP contribution in [0.5, 0.6) is 0 Å². The minimum Gasteiger partial charge on any atom is -0.357 e. The van der Waals surface area contributed by atoms with Gasteiger partial charge in [-0.05, 0) is 62.2 Å². The molecule has 0 saturated heterocycles. The van der Waals surface area contributed by atoms with Crippen molar-refractivity contribution in [3.05, 3.63) is 20.8 Å². The molecule has 3 N–H and O–H groups in total. The first-order chi connectivity index (χ1) is 10.3. The molecule has 0 fully saturated rings. The van der Waals surface area contributed by atoms with Crippen LogP contribution in [0.3, 0.4) is 0 Å². The molecule has 0 radical (unpaired) electrons. The van der Waals surface area contributed by atoms with Gasteiger partial charge in [0, 0.05) is 23.5 Å². The van der Waals surface area contributed by atoms with Gasteiger partial charge in [0.05, 0.1) is 3.79 Å². The molecule has 1 aromatic heterocycles. The van der Waals surface area contributed by atoms with Gasteiger partial charge in [0.25, 0.3) is 0 Å². The van der Waals surface area contributed by atoms with Crippen molar-refractivity contribution in [2.75, 3.05) is 19.6 Å². The molecule has 0 aliphatic rings. The maximum absolute atomic E-state index is 11.8. The summed E-state index contributed by atoms with van der Waals surface area (Å²) in [5, 5.41) is 9.29. The second-order valence-electron chi connectivity index (χ2n) is 5.88. The molecule has 0 spiro atoms. The summed E-state index contributed by atoms with van der Waals surface area (Å²) >= 11 is 5.19. The SMILES string of the molecule is CCNC(=NCC(=O)NC(C)(C)C)NCCc1ccc(Br)s1. The average Bonchev–Trinajstić information content (AvgIpc) is 2.80. The van der Waals surface area contributed by atoms with E-state index in [0.29, 0.717) is 5.96 Å². The van der Waals surface area contributed by atoms with Crippen LogP contribution in [-0.4, -0.2) is 37.0 Å². The van der Waals surface area contributed by atoms with E-state index in [1.807, 2.05) is 27.7 Å². The van der Waals surface area contributed by atoms with Crippen molar-refractivity contribution in [2.45, 2.75) is 39.7 Å². The first kappa shape index (κ1) is 19.0. The standard InChI is InChI=1S/C15H25BrN4OS/c1-5-17-14(19-10-13(21)20-15(2,3)4)18-9-8-11-6-7-12(16)22-11/h6-7H,5,8-10H2,1-4H3,(H,20,21)(H2,17,18,19). The van der Waals surface area contributed by atoms with Crippen LogP contribution in [-0.2, 0) is 11.2 Å². The highest BCUT2D eigenvalue weighted by Crippen LogP contribution is 2.21. The third-order valence-corrected chi connectivity index (χ3v) is 4.22. The maximum atomic E-state index is 11.8. The van der Waals surface area contributed by atoms with E-state index in [1.165, 1.54) is 4.88 Å². The van der Waals surface area contributed by atoms with Gasteiger partial charge >= 0.3 is 0 Å². The number of carbonyl (C=O) groups excluding carboxylic acids is 1. The molecule has 1 amide bonds. The fourth-order valence-electron chi connectivity index (χ4n) is 1.74. The van der Waals surface area contributed by atoms with E-state index in [4.69, 9.17) is 0 Å². The van der Waals surface area contributed by atoms with Gasteiger partial charge in [0.15, 0.2) is 5.96 Å². The lowest BCUT2D eigenvalue weighted by Crippen LogP contribution is -2.43. The summed E-state index contributed by atoms with van der Waals surface area (Å²) < 4.78 is 1.14. The molecule has 0 bridgehead atoms. The number of thiophene rings is 1. The lowest BCUT2D eigenvalue weighted by molar-refractivity contribution is -0.121. The van der Waals surface area contributed by atoms with Crippen LogP contribution in [0.2, 0.25) is 0 Å². The molecule has 0 saturated carbocycles. The Kier molecular flexibility index (Phi) is 7.89. The average molecular weight is 389 g/mol. The van der Waals surface area contributed by atoms with Crippen LogP contribution < -0.4 is 16.0 Å². The topological polar surface area (TPSA) is 65.5 Å². The number of rotatable bonds is 6. The minimum absolute atomic E-state index is 0.0770. The molecule has 124 valence electrons. The summed E-state index contributed by atoms with van der Waals surface area (Å²) in [5.74, 6) is 0.592. The second kappa shape index (κ2) is 9.15. The van der Waals surface area contributed by atoms with Crippen LogP contribution in [0.1, 0.15) is 32.6 Å². The van der Waals surface area contributed by atoms with Crippen molar-refractivity contribution in [1.82, 2.24) is 16.0 Å². The minimum atomic E-state index is -0.231. The van der Waals surface area contributed by atoms with Crippen LogP contribution in [0.15, 0.2) is 20.9 Å². The van der Waals surface area contributed by atoms with Crippen molar-refractivity contribution < 1.29 is 4.79 Å². The zero-order valence-corrected chi connectivity index (χ0v) is 16.0. The van der Waals surface area contributed by atoms with E-state index in [2.05, 4.69) is 49.0 Å². The third-order valence-electron chi connectivity index (χ3n) is 2.53. The first-order valence-electron chi connectivity index (χ1n) is 7.37. The van der Waals surface area contributed by atoms with Gasteiger partial charge in [-0.3, -0.25) is 4.79 Å². The Hall–Kier alpha value is -1.08. The molecule has 0 aromatic carbocycles. The first-order valence-corrected chi connectivity index (χ1v) is 8.98. The number of amides is 1. The zero-order valence-electron chi connectivity index (χ0n) is 13.6. The molecule has 7 heteroatoms. The highest BCUT2D eigenvalue weighted by molar-refractivity contribution is 9.11. The van der Waals surface area contributed by atoms with E-state index in [-0.39, 0.29) is 18.0 Å². The molecule has 0 aliphatic heterocycles. The van der Waals surface area contributed by atoms with Crippen molar-refractivity contribution in [2.24, 2.45) is 4.99 Å². The summed E-state index contributed by atoms with van der Waals surface area (Å²) in [7, 11) is 0. The predicted octanol–water partition coefficient (Wildman–Crippen LogP) is 2.52. The van der Waals surface area contributed by atoms with E-state index in [1.54, 1.807) is 11.3 Å². The normalized spacial score (nSPS) is 12.1. The molecule has 5 nitrogen and oxygen atoms in total. The van der Waals surface area contributed by atoms with Gasteiger partial charge in [-0.15, -0.1) is 11.3 Å². The van der Waals surface area contributed by atoms with Gasteiger partial charge in [-0.1, -0.05) is 0 Å². The van der Waals surface area contributed by atoms with Gasteiger partial charge in [0.2, 0.25) is 5.91 Å². The number of nitrogens with one attached hydrogen (secondary N) is 3. The van der Waals surface area contributed by atoms with Crippen molar-refractivity contribution in [3.8, 4) is 0 Å². The van der Waals surface area contributed by atoms with E-state index >= 15 is 0 Å². The highest BCUT2D eigenvalue weighted by atomic mass is 79.9. The van der Waals surface area contributed by atoms with Crippen molar-refractivity contribution in [1.29, 1.82) is 0 Å². The third kappa shape index (κ3) is 8.38. The maximum Gasteiger partial charge on any atom is 0.242 e. The Morgan fingerprint density at radius 3 is 2.59 bits per heavy atom. The highest BCUT2D eigenvalue weighted by Gasteiger charge is 2.13. The zero-order chi connectivity index (χ0) is 16.6. The van der Waals surface area contributed by atoms with Gasteiger partial charge in [-0.25, -0.2) is 4.99 Å². The number of aliphatic imine (C=N–C) groups is 1. The summed E-state index contributed by atoms with van der Waals surface area (Å²) in [5.41, 5.74) is -0.231. The summed E-state index contributed by atoms with van der Waals surface area (Å²) in [6.07, 6.45) is 0.925. The number of guanidine groups is 1. The summed E-state index contributed by atoms with van der Waals surface area (Å²) in [6.45, 7) is 9.53. The van der Waals surface area contributed by atoms with E-state index in [9.17, 15) is 4.79 Å². The van der Waals surface area contributed by atoms with Crippen LogP contribution in [0, 0.1) is 0 Å². The lowest BCUT2D eigenvalue weighted by Gasteiger charge is -2.20. The largest absolute Gasteiger partial charge is 0.357 e. The predicted molar refractivity (Wildman–Crippen MR) is 97.6 cm³/mol. The number of hydrogen-bond acceptors (Lipinski definition) is 3. The van der Waals surface area contributed by atoms with Crippen LogP contribution >= 0.6 is 27.3 Å². The molecule has 22 heavy (non-hydrogen) atoms. The second-order valence-corrected chi connectivity index (χ2v) is 8.42. The number of nitrogens with zero attached hydrogens (tertiary/aromatic N) is 1. The summed E-state index contributed by atoms with van der Waals surface area (Å²) in [6, 6.07) is 4.16.